The van der Waals surface area contributed by atoms with E-state index < -0.39 is 5.60 Å². The number of pyridine rings is 1. The Morgan fingerprint density at radius 3 is 2.67 bits per heavy atom. The first-order valence-corrected chi connectivity index (χ1v) is 7.99. The average Bonchev–Trinajstić information content (AvgIpc) is 2.96. The van der Waals surface area contributed by atoms with Crippen molar-refractivity contribution in [3.8, 4) is 0 Å². The maximum atomic E-state index is 12.2. The van der Waals surface area contributed by atoms with Crippen LogP contribution in [0.3, 0.4) is 0 Å². The number of halogens is 1. The molecule has 0 radical (unpaired) electrons. The topological polar surface area (TPSA) is 45.7 Å². The first-order valence-electron chi connectivity index (χ1n) is 7.20. The molecule has 0 spiro atoms. The molecule has 0 saturated carbocycles. The molecule has 5 nitrogen and oxygen atoms in total. The van der Waals surface area contributed by atoms with Crippen LogP contribution in [-0.2, 0) is 4.74 Å². The zero-order valence-electron chi connectivity index (χ0n) is 12.5. The maximum Gasteiger partial charge on any atom is 0.410 e. The lowest BCUT2D eigenvalue weighted by Crippen LogP contribution is -2.50. The van der Waals surface area contributed by atoms with Crippen LogP contribution in [0.25, 0.3) is 0 Å². The molecule has 2 unspecified atom stereocenters. The van der Waals surface area contributed by atoms with Crippen LogP contribution in [0.1, 0.15) is 27.2 Å². The quantitative estimate of drug-likeness (QED) is 0.778. The number of likely N-dealkylation sites (tertiary alicyclic amines) is 1. The van der Waals surface area contributed by atoms with Crippen LogP contribution in [0.15, 0.2) is 22.9 Å². The van der Waals surface area contributed by atoms with Crippen LogP contribution in [0.4, 0.5) is 10.5 Å². The summed E-state index contributed by atoms with van der Waals surface area (Å²) in [5.74, 6) is 0. The number of rotatable bonds is 1. The summed E-state index contributed by atoms with van der Waals surface area (Å²) in [6.45, 7) is 7.28. The van der Waals surface area contributed by atoms with Crippen molar-refractivity contribution in [3.05, 3.63) is 22.9 Å². The zero-order chi connectivity index (χ0) is 15.2. The van der Waals surface area contributed by atoms with Crippen molar-refractivity contribution in [1.29, 1.82) is 0 Å². The van der Waals surface area contributed by atoms with Gasteiger partial charge in [0.15, 0.2) is 0 Å². The highest BCUT2D eigenvalue weighted by Gasteiger charge is 2.46. The minimum absolute atomic E-state index is 0.193. The van der Waals surface area contributed by atoms with Crippen LogP contribution >= 0.6 is 15.9 Å². The van der Waals surface area contributed by atoms with E-state index in [0.717, 1.165) is 29.7 Å². The fraction of sp³-hybridized carbons (Fsp3) is 0.600. The summed E-state index contributed by atoms with van der Waals surface area (Å²) in [6.07, 6.45) is 4.47. The molecule has 114 valence electrons. The number of piperazine rings is 1. The molecule has 0 aliphatic carbocycles. The van der Waals surface area contributed by atoms with Gasteiger partial charge in [-0.05, 0) is 49.2 Å². The van der Waals surface area contributed by atoms with Crippen molar-refractivity contribution in [1.82, 2.24) is 9.88 Å². The normalized spacial score (nSPS) is 24.6. The third-order valence-electron chi connectivity index (χ3n) is 3.89. The van der Waals surface area contributed by atoms with Crippen LogP contribution in [0.2, 0.25) is 0 Å². The van der Waals surface area contributed by atoms with Crippen LogP contribution in [-0.4, -0.2) is 46.8 Å². The molecule has 3 rings (SSSR count). The number of hydrogen-bond donors (Lipinski definition) is 0. The fourth-order valence-electron chi connectivity index (χ4n) is 3.09. The summed E-state index contributed by atoms with van der Waals surface area (Å²) in [5, 5.41) is 0. The Hall–Kier alpha value is -1.30. The van der Waals surface area contributed by atoms with Crippen LogP contribution < -0.4 is 4.90 Å². The Bertz CT molecular complexity index is 558. The minimum atomic E-state index is -0.438. The average molecular weight is 354 g/mol. The molecule has 2 saturated heterocycles. The molecule has 6 heteroatoms. The molecule has 1 amide bonds. The number of fused-ring (bicyclic) bond motifs is 2. The van der Waals surface area contributed by atoms with Crippen molar-refractivity contribution in [2.45, 2.75) is 44.9 Å². The van der Waals surface area contributed by atoms with Gasteiger partial charge in [0.2, 0.25) is 0 Å². The number of ether oxygens (including phenoxy) is 1. The molecule has 2 aliphatic rings. The second-order valence-electron chi connectivity index (χ2n) is 6.69. The Morgan fingerprint density at radius 1 is 1.33 bits per heavy atom. The monoisotopic (exact) mass is 353 g/mol. The van der Waals surface area contributed by atoms with Gasteiger partial charge in [0, 0.05) is 29.8 Å². The molecule has 21 heavy (non-hydrogen) atoms. The molecule has 1 aromatic heterocycles. The zero-order valence-corrected chi connectivity index (χ0v) is 14.1. The van der Waals surface area contributed by atoms with E-state index in [2.05, 4.69) is 31.9 Å². The summed E-state index contributed by atoms with van der Waals surface area (Å²) in [5.41, 5.74) is 0.674. The Kier molecular flexibility index (Phi) is 3.59. The molecule has 2 atom stereocenters. The third kappa shape index (κ3) is 3.00. The number of hydrogen-bond acceptors (Lipinski definition) is 4. The summed E-state index contributed by atoms with van der Waals surface area (Å²) < 4.78 is 6.46. The standard InChI is InChI=1S/C15H20BrN3O2/c1-15(2,3)21-14(20)19-9-12-5-13(19)8-18(12)11-4-10(16)6-17-7-11/h4,6-7,12-13H,5,8-9H2,1-3H3. The molecule has 3 heterocycles. The molecule has 0 aromatic carbocycles. The second-order valence-corrected chi connectivity index (χ2v) is 7.61. The van der Waals surface area contributed by atoms with Crippen LogP contribution in [0.5, 0.6) is 0 Å². The third-order valence-corrected chi connectivity index (χ3v) is 4.32. The van der Waals surface area contributed by atoms with Crippen LogP contribution in [0, 0.1) is 0 Å². The van der Waals surface area contributed by atoms with E-state index in [1.54, 1.807) is 6.20 Å². The van der Waals surface area contributed by atoms with Gasteiger partial charge in [0.1, 0.15) is 5.60 Å². The highest BCUT2D eigenvalue weighted by molar-refractivity contribution is 9.10. The van der Waals surface area contributed by atoms with E-state index in [-0.39, 0.29) is 12.1 Å². The van der Waals surface area contributed by atoms with E-state index >= 15 is 0 Å². The number of nitrogens with zero attached hydrogens (tertiary/aromatic N) is 3. The summed E-state index contributed by atoms with van der Waals surface area (Å²) in [7, 11) is 0. The lowest BCUT2D eigenvalue weighted by molar-refractivity contribution is 0.0215. The van der Waals surface area contributed by atoms with E-state index in [9.17, 15) is 4.79 Å². The Labute approximate surface area is 133 Å². The molecule has 2 aliphatic heterocycles. The van der Waals surface area contributed by atoms with Crippen molar-refractivity contribution >= 4 is 27.7 Å². The molecule has 0 N–H and O–H groups in total. The predicted octanol–water partition coefficient (Wildman–Crippen LogP) is 3.04. The molecule has 1 aromatic rings. The predicted molar refractivity (Wildman–Crippen MR) is 84.4 cm³/mol. The van der Waals surface area contributed by atoms with Crippen molar-refractivity contribution in [2.24, 2.45) is 0 Å². The van der Waals surface area contributed by atoms with Gasteiger partial charge >= 0.3 is 6.09 Å². The Morgan fingerprint density at radius 2 is 2.10 bits per heavy atom. The van der Waals surface area contributed by atoms with E-state index in [0.29, 0.717) is 6.04 Å². The highest BCUT2D eigenvalue weighted by Crippen LogP contribution is 2.35. The van der Waals surface area contributed by atoms with Gasteiger partial charge in [-0.25, -0.2) is 4.79 Å². The van der Waals surface area contributed by atoms with E-state index in [1.807, 2.05) is 31.9 Å². The van der Waals surface area contributed by atoms with Gasteiger partial charge in [0.05, 0.1) is 17.9 Å². The number of carbonyl (C=O) groups is 1. The molecule has 2 bridgehead atoms. The van der Waals surface area contributed by atoms with Gasteiger partial charge in [-0.2, -0.15) is 0 Å². The summed E-state index contributed by atoms with van der Waals surface area (Å²) >= 11 is 3.46. The van der Waals surface area contributed by atoms with E-state index in [4.69, 9.17) is 4.74 Å². The van der Waals surface area contributed by atoms with Crippen molar-refractivity contribution in [3.63, 3.8) is 0 Å². The maximum absolute atomic E-state index is 12.2. The number of aromatic nitrogens is 1. The van der Waals surface area contributed by atoms with Gasteiger partial charge in [0.25, 0.3) is 0 Å². The first-order chi connectivity index (χ1) is 9.83. The number of anilines is 1. The van der Waals surface area contributed by atoms with Gasteiger partial charge < -0.3 is 14.5 Å². The SMILES string of the molecule is CC(C)(C)OC(=O)N1CC2CC1CN2c1cncc(Br)c1. The fourth-order valence-corrected chi connectivity index (χ4v) is 3.44. The van der Waals surface area contributed by atoms with Gasteiger partial charge in [-0.15, -0.1) is 0 Å². The second kappa shape index (κ2) is 5.16. The summed E-state index contributed by atoms with van der Waals surface area (Å²) in [4.78, 5) is 20.6. The van der Waals surface area contributed by atoms with Gasteiger partial charge in [-0.3, -0.25) is 4.98 Å². The lowest BCUT2D eigenvalue weighted by atomic mass is 10.2. The first kappa shape index (κ1) is 14.6. The smallest absolute Gasteiger partial charge is 0.410 e. The Balaban J connectivity index is 1.68. The molecular formula is C15H20BrN3O2. The van der Waals surface area contributed by atoms with Crippen molar-refractivity contribution in [2.75, 3.05) is 18.0 Å². The largest absolute Gasteiger partial charge is 0.444 e. The number of amides is 1. The van der Waals surface area contributed by atoms with Crippen molar-refractivity contribution < 1.29 is 9.53 Å². The lowest BCUT2D eigenvalue weighted by Gasteiger charge is -2.36. The highest BCUT2D eigenvalue weighted by atomic mass is 79.9. The van der Waals surface area contributed by atoms with E-state index in [1.165, 1.54) is 0 Å². The van der Waals surface area contributed by atoms with Gasteiger partial charge in [-0.1, -0.05) is 0 Å². The number of carbonyl (C=O) groups excluding carboxylic acids is 1. The minimum Gasteiger partial charge on any atom is -0.444 e. The molecule has 2 fully saturated rings. The summed E-state index contributed by atoms with van der Waals surface area (Å²) in [6, 6.07) is 2.67. The molecular weight excluding hydrogens is 334 g/mol.